The maximum absolute atomic E-state index is 13.2. The quantitative estimate of drug-likeness (QED) is 0.653. The largest absolute Gasteiger partial charge is 0.481 e. The molecule has 1 saturated heterocycles. The first-order chi connectivity index (χ1) is 16.4. The minimum absolute atomic E-state index is 0.0640. The van der Waals surface area contributed by atoms with Crippen LogP contribution in [-0.4, -0.2) is 65.9 Å². The molecule has 2 aliphatic carbocycles. The molecule has 2 aromatic carbocycles. The first kappa shape index (κ1) is 22.4. The van der Waals surface area contributed by atoms with Gasteiger partial charge in [0.2, 0.25) is 5.91 Å². The smallest absolute Gasteiger partial charge is 0.408 e. The Bertz CT molecular complexity index is 1080. The van der Waals surface area contributed by atoms with Gasteiger partial charge in [-0.1, -0.05) is 48.5 Å². The Morgan fingerprint density at radius 1 is 1.03 bits per heavy atom. The van der Waals surface area contributed by atoms with Gasteiger partial charge in [0.15, 0.2) is 0 Å². The lowest BCUT2D eigenvalue weighted by atomic mass is 9.98. The number of benzene rings is 2. The van der Waals surface area contributed by atoms with E-state index >= 15 is 0 Å². The lowest BCUT2D eigenvalue weighted by Crippen LogP contribution is -2.50. The summed E-state index contributed by atoms with van der Waals surface area (Å²) in [4.78, 5) is 39.0. The van der Waals surface area contributed by atoms with Gasteiger partial charge in [-0.3, -0.25) is 9.59 Å². The molecule has 0 bridgehead atoms. The number of amides is 2. The summed E-state index contributed by atoms with van der Waals surface area (Å²) in [5.41, 5.74) is 3.51. The molecule has 0 aromatic heterocycles. The van der Waals surface area contributed by atoms with Crippen molar-refractivity contribution in [3.8, 4) is 11.1 Å². The number of ether oxygens (including phenoxy) is 2. The van der Waals surface area contributed by atoms with E-state index < -0.39 is 29.6 Å². The first-order valence-corrected chi connectivity index (χ1v) is 11.7. The Balaban J connectivity index is 1.23. The molecule has 1 heterocycles. The summed E-state index contributed by atoms with van der Waals surface area (Å²) < 4.78 is 11.1. The number of hydrogen-bond acceptors (Lipinski definition) is 5. The fraction of sp³-hybridized carbons (Fsp3) is 0.423. The maximum Gasteiger partial charge on any atom is 0.408 e. The molecule has 2 N–H and O–H groups in total. The number of fused-ring (bicyclic) bond motifs is 3. The van der Waals surface area contributed by atoms with Crippen LogP contribution in [0.4, 0.5) is 4.79 Å². The van der Waals surface area contributed by atoms with Crippen molar-refractivity contribution in [3.63, 3.8) is 0 Å². The van der Waals surface area contributed by atoms with Gasteiger partial charge in [0.05, 0.1) is 6.10 Å². The highest BCUT2D eigenvalue weighted by Gasteiger charge is 2.55. The summed E-state index contributed by atoms with van der Waals surface area (Å²) in [5.74, 6) is -2.09. The first-order valence-electron chi connectivity index (χ1n) is 11.7. The molecule has 1 aliphatic heterocycles. The van der Waals surface area contributed by atoms with Crippen molar-refractivity contribution in [3.05, 3.63) is 59.7 Å². The van der Waals surface area contributed by atoms with Gasteiger partial charge in [-0.15, -0.1) is 0 Å². The molecule has 2 aromatic rings. The Morgan fingerprint density at radius 2 is 1.65 bits per heavy atom. The summed E-state index contributed by atoms with van der Waals surface area (Å²) >= 11 is 0. The number of likely N-dealkylation sites (tertiary alicyclic amines) is 1. The van der Waals surface area contributed by atoms with E-state index in [-0.39, 0.29) is 31.5 Å². The van der Waals surface area contributed by atoms with Gasteiger partial charge in [0, 0.05) is 25.6 Å². The average molecular weight is 465 g/mol. The SMILES string of the molecule is CCOC1CN(C(=O)C2(NC(=O)OCC3c4ccccc4-c4ccccc43)CC2)CC1C(=O)O. The second-order valence-electron chi connectivity index (χ2n) is 9.18. The zero-order valence-corrected chi connectivity index (χ0v) is 19.0. The molecule has 2 unspecified atom stereocenters. The number of nitrogens with zero attached hydrogens (tertiary/aromatic N) is 1. The van der Waals surface area contributed by atoms with Crippen molar-refractivity contribution in [1.29, 1.82) is 0 Å². The van der Waals surface area contributed by atoms with E-state index in [1.807, 2.05) is 36.4 Å². The Labute approximate surface area is 197 Å². The highest BCUT2D eigenvalue weighted by Crippen LogP contribution is 2.44. The lowest BCUT2D eigenvalue weighted by Gasteiger charge is -2.24. The van der Waals surface area contributed by atoms with Gasteiger partial charge < -0.3 is 24.8 Å². The molecule has 3 aliphatic rings. The number of carbonyl (C=O) groups is 3. The van der Waals surface area contributed by atoms with Crippen LogP contribution in [0.2, 0.25) is 0 Å². The van der Waals surface area contributed by atoms with Gasteiger partial charge in [0.25, 0.3) is 0 Å². The normalized spacial score (nSPS) is 22.1. The minimum Gasteiger partial charge on any atom is -0.481 e. The third-order valence-electron chi connectivity index (χ3n) is 7.10. The third kappa shape index (κ3) is 3.92. The lowest BCUT2D eigenvalue weighted by molar-refractivity contribution is -0.145. The van der Waals surface area contributed by atoms with E-state index in [0.717, 1.165) is 22.3 Å². The van der Waals surface area contributed by atoms with Crippen LogP contribution in [-0.2, 0) is 19.1 Å². The van der Waals surface area contributed by atoms with Gasteiger partial charge >= 0.3 is 12.1 Å². The van der Waals surface area contributed by atoms with E-state index in [2.05, 4.69) is 17.4 Å². The van der Waals surface area contributed by atoms with E-state index in [1.54, 1.807) is 6.92 Å². The van der Waals surface area contributed by atoms with Crippen LogP contribution >= 0.6 is 0 Å². The molecule has 5 rings (SSSR count). The summed E-state index contributed by atoms with van der Waals surface area (Å²) in [5, 5.41) is 12.2. The predicted octanol–water partition coefficient (Wildman–Crippen LogP) is 3.01. The molecule has 2 amide bonds. The second kappa shape index (κ2) is 8.76. The summed E-state index contributed by atoms with van der Waals surface area (Å²) in [6.07, 6.45) is -0.174. The molecule has 2 fully saturated rings. The molecule has 8 nitrogen and oxygen atoms in total. The maximum atomic E-state index is 13.2. The van der Waals surface area contributed by atoms with E-state index in [0.29, 0.717) is 19.4 Å². The Morgan fingerprint density at radius 3 is 2.21 bits per heavy atom. The number of nitrogens with one attached hydrogen (secondary N) is 1. The third-order valence-corrected chi connectivity index (χ3v) is 7.10. The molecule has 8 heteroatoms. The molecular weight excluding hydrogens is 436 g/mol. The number of hydrogen-bond donors (Lipinski definition) is 2. The van der Waals surface area contributed by atoms with Crippen molar-refractivity contribution in [2.45, 2.75) is 37.3 Å². The van der Waals surface area contributed by atoms with Crippen LogP contribution in [0.1, 0.15) is 36.8 Å². The number of rotatable bonds is 7. The summed E-state index contributed by atoms with van der Waals surface area (Å²) in [7, 11) is 0. The van der Waals surface area contributed by atoms with E-state index in [9.17, 15) is 19.5 Å². The zero-order chi connectivity index (χ0) is 23.9. The molecule has 1 saturated carbocycles. The number of carboxylic acids is 1. The van der Waals surface area contributed by atoms with Crippen LogP contribution in [0.5, 0.6) is 0 Å². The molecule has 34 heavy (non-hydrogen) atoms. The van der Waals surface area contributed by atoms with Crippen LogP contribution in [0.3, 0.4) is 0 Å². The fourth-order valence-electron chi connectivity index (χ4n) is 5.21. The number of carboxylic acid groups (broad SMARTS) is 1. The van der Waals surface area contributed by atoms with Gasteiger partial charge in [-0.25, -0.2) is 4.79 Å². The van der Waals surface area contributed by atoms with Crippen molar-refractivity contribution < 1.29 is 29.0 Å². The van der Waals surface area contributed by atoms with Crippen molar-refractivity contribution >= 4 is 18.0 Å². The topological polar surface area (TPSA) is 105 Å². The van der Waals surface area contributed by atoms with Crippen molar-refractivity contribution in [2.75, 3.05) is 26.3 Å². The van der Waals surface area contributed by atoms with Gasteiger partial charge in [-0.05, 0) is 42.0 Å². The fourth-order valence-corrected chi connectivity index (χ4v) is 5.21. The van der Waals surface area contributed by atoms with Crippen molar-refractivity contribution in [1.82, 2.24) is 10.2 Å². The van der Waals surface area contributed by atoms with E-state index in [1.165, 1.54) is 4.90 Å². The summed E-state index contributed by atoms with van der Waals surface area (Å²) in [6.45, 7) is 2.62. The molecule has 2 atom stereocenters. The van der Waals surface area contributed by atoms with Crippen LogP contribution < -0.4 is 5.32 Å². The predicted molar refractivity (Wildman–Crippen MR) is 123 cm³/mol. The van der Waals surface area contributed by atoms with Crippen LogP contribution in [0.15, 0.2) is 48.5 Å². The second-order valence-corrected chi connectivity index (χ2v) is 9.18. The highest BCUT2D eigenvalue weighted by molar-refractivity contribution is 5.93. The molecular formula is C26H28N2O6. The average Bonchev–Trinajstić information content (AvgIpc) is 3.37. The highest BCUT2D eigenvalue weighted by atomic mass is 16.5. The number of carbonyl (C=O) groups excluding carboxylic acids is 2. The van der Waals surface area contributed by atoms with Crippen molar-refractivity contribution in [2.24, 2.45) is 5.92 Å². The summed E-state index contributed by atoms with van der Waals surface area (Å²) in [6, 6.07) is 16.2. The zero-order valence-electron chi connectivity index (χ0n) is 19.0. The van der Waals surface area contributed by atoms with Gasteiger partial charge in [0.1, 0.15) is 18.1 Å². The molecule has 0 spiro atoms. The Kier molecular flexibility index (Phi) is 5.77. The van der Waals surface area contributed by atoms with Gasteiger partial charge in [-0.2, -0.15) is 0 Å². The number of alkyl carbamates (subject to hydrolysis) is 1. The minimum atomic E-state index is -1.02. The molecule has 178 valence electrons. The van der Waals surface area contributed by atoms with Crippen LogP contribution in [0.25, 0.3) is 11.1 Å². The van der Waals surface area contributed by atoms with Crippen LogP contribution in [0, 0.1) is 5.92 Å². The Hall–Kier alpha value is -3.39. The molecule has 0 radical (unpaired) electrons. The monoisotopic (exact) mass is 464 g/mol. The van der Waals surface area contributed by atoms with E-state index in [4.69, 9.17) is 9.47 Å². The number of aliphatic carboxylic acids is 1. The standard InChI is InChI=1S/C26H28N2O6/c1-2-33-22-14-28(13-20(22)23(29)30)24(31)26(11-12-26)27-25(32)34-15-21-18-9-5-3-7-16(18)17-8-4-6-10-19(17)21/h3-10,20-22H,2,11-15H2,1H3,(H,27,32)(H,29,30).